The molecule has 1 aromatic carbocycles. The lowest BCUT2D eigenvalue weighted by Gasteiger charge is -1.99. The van der Waals surface area contributed by atoms with Crippen molar-refractivity contribution >= 4 is 33.9 Å². The molecule has 4 heteroatoms. The lowest BCUT2D eigenvalue weighted by atomic mass is 10.1. The Balaban J connectivity index is 2.60. The molecule has 72 valence electrons. The molecule has 0 aliphatic rings. The van der Waals surface area contributed by atoms with Gasteiger partial charge in [-0.05, 0) is 35.6 Å². The number of hydrogen-bond donors (Lipinski definition) is 0. The molecule has 2 rings (SSSR count). The zero-order valence-corrected chi connectivity index (χ0v) is 10.4. The average molecular weight is 319 g/mol. The lowest BCUT2D eigenvalue weighted by Crippen LogP contribution is -1.82. The van der Waals surface area contributed by atoms with Crippen LogP contribution in [0.4, 0.5) is 4.39 Å². The summed E-state index contributed by atoms with van der Waals surface area (Å²) in [4.78, 5) is 5.19. The predicted molar refractivity (Wildman–Crippen MR) is 65.0 cm³/mol. The fourth-order valence-corrected chi connectivity index (χ4v) is 3.10. The average Bonchev–Trinajstić information content (AvgIpc) is 2.46. The molecule has 0 saturated carbocycles. The highest BCUT2D eigenvalue weighted by Crippen LogP contribution is 2.32. The molecule has 0 unspecified atom stereocenters. The zero-order chi connectivity index (χ0) is 10.1. The van der Waals surface area contributed by atoms with E-state index in [1.807, 2.05) is 13.0 Å². The third-order valence-corrected chi connectivity index (χ3v) is 3.77. The molecule has 0 fully saturated rings. The number of aromatic nitrogens is 1. The maximum atomic E-state index is 13.4. The first kappa shape index (κ1) is 10.0. The standard InChI is InChI=1S/C10H7FINS/c1-6-9(14-10(12)13-6)7-4-2-3-5-8(7)11/h2-5H,1H3. The molecule has 0 saturated heterocycles. The van der Waals surface area contributed by atoms with Crippen LogP contribution in [0.15, 0.2) is 24.3 Å². The van der Waals surface area contributed by atoms with E-state index in [-0.39, 0.29) is 5.82 Å². The number of halogens is 2. The van der Waals surface area contributed by atoms with Gasteiger partial charge in [0.25, 0.3) is 0 Å². The van der Waals surface area contributed by atoms with Crippen molar-refractivity contribution < 1.29 is 4.39 Å². The highest BCUT2D eigenvalue weighted by atomic mass is 127. The molecule has 14 heavy (non-hydrogen) atoms. The highest BCUT2D eigenvalue weighted by molar-refractivity contribution is 14.1. The van der Waals surface area contributed by atoms with Crippen molar-refractivity contribution in [2.24, 2.45) is 0 Å². The molecule has 2 aromatic rings. The fourth-order valence-electron chi connectivity index (χ4n) is 1.26. The van der Waals surface area contributed by atoms with E-state index >= 15 is 0 Å². The van der Waals surface area contributed by atoms with Crippen molar-refractivity contribution in [3.8, 4) is 10.4 Å². The summed E-state index contributed by atoms with van der Waals surface area (Å²) in [6.07, 6.45) is 0. The van der Waals surface area contributed by atoms with E-state index in [1.54, 1.807) is 12.1 Å². The summed E-state index contributed by atoms with van der Waals surface area (Å²) >= 11 is 3.67. The zero-order valence-electron chi connectivity index (χ0n) is 7.42. The van der Waals surface area contributed by atoms with Crippen LogP contribution in [0, 0.1) is 15.8 Å². The van der Waals surface area contributed by atoms with Gasteiger partial charge in [0.05, 0.1) is 10.6 Å². The summed E-state index contributed by atoms with van der Waals surface area (Å²) in [5.74, 6) is -0.185. The van der Waals surface area contributed by atoms with Crippen molar-refractivity contribution in [2.75, 3.05) is 0 Å². The van der Waals surface area contributed by atoms with Crippen LogP contribution in [-0.4, -0.2) is 4.98 Å². The fraction of sp³-hybridized carbons (Fsp3) is 0.100. The minimum atomic E-state index is -0.185. The Labute approximate surface area is 99.1 Å². The van der Waals surface area contributed by atoms with E-state index in [2.05, 4.69) is 27.6 Å². The molecular weight excluding hydrogens is 312 g/mol. The molecule has 1 aromatic heterocycles. The molecule has 0 amide bonds. The van der Waals surface area contributed by atoms with Crippen molar-refractivity contribution in [3.05, 3.63) is 38.8 Å². The number of hydrogen-bond acceptors (Lipinski definition) is 2. The Morgan fingerprint density at radius 3 is 2.64 bits per heavy atom. The third-order valence-electron chi connectivity index (χ3n) is 1.89. The number of benzene rings is 1. The van der Waals surface area contributed by atoms with Gasteiger partial charge in [0, 0.05) is 5.56 Å². The first-order valence-corrected chi connectivity index (χ1v) is 5.96. The first-order valence-electron chi connectivity index (χ1n) is 4.06. The molecular formula is C10H7FINS. The Hall–Kier alpha value is -0.490. The van der Waals surface area contributed by atoms with Crippen LogP contribution in [0.25, 0.3) is 10.4 Å². The van der Waals surface area contributed by atoms with Gasteiger partial charge in [-0.15, -0.1) is 11.3 Å². The predicted octanol–water partition coefficient (Wildman–Crippen LogP) is 3.86. The summed E-state index contributed by atoms with van der Waals surface area (Å²) in [7, 11) is 0. The van der Waals surface area contributed by atoms with Crippen molar-refractivity contribution in [3.63, 3.8) is 0 Å². The van der Waals surface area contributed by atoms with Gasteiger partial charge in [0.1, 0.15) is 5.82 Å². The molecule has 0 radical (unpaired) electrons. The summed E-state index contributed by atoms with van der Waals surface area (Å²) in [6.45, 7) is 1.90. The van der Waals surface area contributed by atoms with Gasteiger partial charge >= 0.3 is 0 Å². The largest absolute Gasteiger partial charge is 0.235 e. The van der Waals surface area contributed by atoms with Gasteiger partial charge in [0.15, 0.2) is 3.01 Å². The molecule has 1 nitrogen and oxygen atoms in total. The van der Waals surface area contributed by atoms with Crippen LogP contribution in [0.3, 0.4) is 0 Å². The van der Waals surface area contributed by atoms with E-state index in [1.165, 1.54) is 17.4 Å². The van der Waals surface area contributed by atoms with Gasteiger partial charge in [-0.25, -0.2) is 9.37 Å². The number of thiazole rings is 1. The van der Waals surface area contributed by atoms with Crippen molar-refractivity contribution in [1.29, 1.82) is 0 Å². The Kier molecular flexibility index (Phi) is 2.83. The highest BCUT2D eigenvalue weighted by Gasteiger charge is 2.11. The molecule has 0 aliphatic heterocycles. The van der Waals surface area contributed by atoms with Crippen molar-refractivity contribution in [2.45, 2.75) is 6.92 Å². The molecule has 0 N–H and O–H groups in total. The monoisotopic (exact) mass is 319 g/mol. The van der Waals surface area contributed by atoms with Gasteiger partial charge < -0.3 is 0 Å². The van der Waals surface area contributed by atoms with E-state index < -0.39 is 0 Å². The summed E-state index contributed by atoms with van der Waals surface area (Å²) in [6, 6.07) is 6.79. The summed E-state index contributed by atoms with van der Waals surface area (Å²) < 4.78 is 14.4. The topological polar surface area (TPSA) is 12.9 Å². The summed E-state index contributed by atoms with van der Waals surface area (Å²) in [5, 5.41) is 0. The van der Waals surface area contributed by atoms with Gasteiger partial charge in [-0.3, -0.25) is 0 Å². The smallest absolute Gasteiger partial charge is 0.154 e. The number of rotatable bonds is 1. The van der Waals surface area contributed by atoms with Gasteiger partial charge in [-0.1, -0.05) is 18.2 Å². The van der Waals surface area contributed by atoms with Crippen molar-refractivity contribution in [1.82, 2.24) is 4.98 Å². The maximum absolute atomic E-state index is 13.4. The van der Waals surface area contributed by atoms with E-state index in [0.29, 0.717) is 5.56 Å². The minimum Gasteiger partial charge on any atom is -0.235 e. The van der Waals surface area contributed by atoms with E-state index in [0.717, 1.165) is 13.6 Å². The second-order valence-corrected chi connectivity index (χ2v) is 5.61. The van der Waals surface area contributed by atoms with E-state index in [4.69, 9.17) is 0 Å². The second-order valence-electron chi connectivity index (χ2n) is 2.86. The van der Waals surface area contributed by atoms with Crippen LogP contribution >= 0.6 is 33.9 Å². The normalized spacial score (nSPS) is 10.5. The molecule has 0 bridgehead atoms. The Bertz CT molecular complexity index is 467. The molecule has 1 heterocycles. The molecule has 0 spiro atoms. The lowest BCUT2D eigenvalue weighted by molar-refractivity contribution is 0.631. The number of nitrogens with zero attached hydrogens (tertiary/aromatic N) is 1. The summed E-state index contributed by atoms with van der Waals surface area (Å²) in [5.41, 5.74) is 1.54. The SMILES string of the molecule is Cc1nc(I)sc1-c1ccccc1F. The number of aryl methyl sites for hydroxylation is 1. The second kappa shape index (κ2) is 3.94. The quantitative estimate of drug-likeness (QED) is 0.727. The molecule has 0 atom stereocenters. The van der Waals surface area contributed by atoms with Crippen LogP contribution < -0.4 is 0 Å². The third kappa shape index (κ3) is 1.81. The maximum Gasteiger partial charge on any atom is 0.154 e. The van der Waals surface area contributed by atoms with Gasteiger partial charge in [0.2, 0.25) is 0 Å². The van der Waals surface area contributed by atoms with E-state index in [9.17, 15) is 4.39 Å². The first-order chi connectivity index (χ1) is 6.68. The Morgan fingerprint density at radius 1 is 1.36 bits per heavy atom. The van der Waals surface area contributed by atoms with Crippen LogP contribution in [0.5, 0.6) is 0 Å². The van der Waals surface area contributed by atoms with Crippen LogP contribution in [0.2, 0.25) is 0 Å². The van der Waals surface area contributed by atoms with Gasteiger partial charge in [-0.2, -0.15) is 0 Å². The Morgan fingerprint density at radius 2 is 2.07 bits per heavy atom. The minimum absolute atomic E-state index is 0.185. The molecule has 0 aliphatic carbocycles. The van der Waals surface area contributed by atoms with Crippen LogP contribution in [0.1, 0.15) is 5.69 Å². The van der Waals surface area contributed by atoms with Crippen LogP contribution in [-0.2, 0) is 0 Å².